The summed E-state index contributed by atoms with van der Waals surface area (Å²) in [5, 5.41) is 2.67. The van der Waals surface area contributed by atoms with Crippen molar-refractivity contribution in [3.63, 3.8) is 0 Å². The largest absolute Gasteiger partial charge is 0.399 e. The first-order valence-corrected chi connectivity index (χ1v) is 5.95. The highest BCUT2D eigenvalue weighted by atomic mass is 19.1. The van der Waals surface area contributed by atoms with Gasteiger partial charge in [-0.3, -0.25) is 4.79 Å². The smallest absolute Gasteiger partial charge is 0.254 e. The molecule has 0 aromatic heterocycles. The van der Waals surface area contributed by atoms with Crippen molar-refractivity contribution < 1.29 is 9.18 Å². The Bertz CT molecular complexity index is 611. The van der Waals surface area contributed by atoms with Crippen LogP contribution in [0.15, 0.2) is 42.5 Å². The Morgan fingerprint density at radius 3 is 2.74 bits per heavy atom. The summed E-state index contributed by atoms with van der Waals surface area (Å²) < 4.78 is 13.6. The molecule has 4 heteroatoms. The molecule has 0 saturated heterocycles. The first kappa shape index (κ1) is 13.1. The van der Waals surface area contributed by atoms with Gasteiger partial charge in [-0.2, -0.15) is 0 Å². The van der Waals surface area contributed by atoms with E-state index in [1.165, 1.54) is 12.1 Å². The van der Waals surface area contributed by atoms with Crippen molar-refractivity contribution in [3.8, 4) is 0 Å². The number of nitrogens with one attached hydrogen (secondary N) is 1. The topological polar surface area (TPSA) is 55.1 Å². The summed E-state index contributed by atoms with van der Waals surface area (Å²) in [6.45, 7) is 2.09. The maximum atomic E-state index is 13.6. The van der Waals surface area contributed by atoms with Crippen LogP contribution in [0.2, 0.25) is 0 Å². The van der Waals surface area contributed by atoms with Crippen molar-refractivity contribution in [2.75, 3.05) is 5.73 Å². The van der Waals surface area contributed by atoms with Crippen LogP contribution in [0.3, 0.4) is 0 Å². The molecule has 19 heavy (non-hydrogen) atoms. The molecule has 0 atom stereocenters. The van der Waals surface area contributed by atoms with Crippen molar-refractivity contribution in [3.05, 3.63) is 65.0 Å². The molecule has 0 heterocycles. The fourth-order valence-corrected chi connectivity index (χ4v) is 1.78. The van der Waals surface area contributed by atoms with E-state index in [1.54, 1.807) is 25.1 Å². The molecule has 0 fully saturated rings. The fraction of sp³-hybridized carbons (Fsp3) is 0.133. The summed E-state index contributed by atoms with van der Waals surface area (Å²) in [6.07, 6.45) is 0. The summed E-state index contributed by atoms with van der Waals surface area (Å²) in [4.78, 5) is 11.9. The second-order valence-corrected chi connectivity index (χ2v) is 4.41. The van der Waals surface area contributed by atoms with Gasteiger partial charge in [0.2, 0.25) is 0 Å². The summed E-state index contributed by atoms with van der Waals surface area (Å²) in [7, 11) is 0. The molecule has 3 nitrogen and oxygen atoms in total. The SMILES string of the molecule is Cc1ccc(C(=O)NCc2cccc(N)c2)c(F)c1. The molecule has 98 valence electrons. The zero-order valence-electron chi connectivity index (χ0n) is 10.6. The number of rotatable bonds is 3. The third kappa shape index (κ3) is 3.31. The van der Waals surface area contributed by atoms with Gasteiger partial charge < -0.3 is 11.1 Å². The number of hydrogen-bond acceptors (Lipinski definition) is 2. The Balaban J connectivity index is 2.05. The Morgan fingerprint density at radius 2 is 2.05 bits per heavy atom. The van der Waals surface area contributed by atoms with Crippen molar-refractivity contribution in [2.45, 2.75) is 13.5 Å². The van der Waals surface area contributed by atoms with Gasteiger partial charge in [-0.25, -0.2) is 4.39 Å². The van der Waals surface area contributed by atoms with Crippen LogP contribution in [0.4, 0.5) is 10.1 Å². The maximum Gasteiger partial charge on any atom is 0.254 e. The number of nitrogens with two attached hydrogens (primary N) is 1. The minimum atomic E-state index is -0.509. The van der Waals surface area contributed by atoms with E-state index in [4.69, 9.17) is 5.73 Å². The molecular weight excluding hydrogens is 243 g/mol. The number of anilines is 1. The van der Waals surface area contributed by atoms with E-state index in [9.17, 15) is 9.18 Å². The quantitative estimate of drug-likeness (QED) is 0.831. The van der Waals surface area contributed by atoms with Gasteiger partial charge in [0.05, 0.1) is 5.56 Å². The van der Waals surface area contributed by atoms with E-state index in [1.807, 2.05) is 12.1 Å². The Labute approximate surface area is 111 Å². The lowest BCUT2D eigenvalue weighted by Crippen LogP contribution is -2.23. The number of benzene rings is 2. The molecule has 2 rings (SSSR count). The molecule has 0 aliphatic carbocycles. The Morgan fingerprint density at radius 1 is 1.26 bits per heavy atom. The molecule has 2 aromatic carbocycles. The van der Waals surface area contributed by atoms with Crippen LogP contribution in [0.1, 0.15) is 21.5 Å². The number of aryl methyl sites for hydroxylation is 1. The first-order chi connectivity index (χ1) is 9.06. The summed E-state index contributed by atoms with van der Waals surface area (Å²) >= 11 is 0. The lowest BCUT2D eigenvalue weighted by atomic mass is 10.1. The average molecular weight is 258 g/mol. The normalized spacial score (nSPS) is 10.2. The van der Waals surface area contributed by atoms with Crippen molar-refractivity contribution >= 4 is 11.6 Å². The Hall–Kier alpha value is -2.36. The summed E-state index contributed by atoms with van der Waals surface area (Å²) in [5.41, 5.74) is 7.99. The van der Waals surface area contributed by atoms with Gasteiger partial charge in [-0.15, -0.1) is 0 Å². The highest BCUT2D eigenvalue weighted by molar-refractivity contribution is 5.94. The minimum absolute atomic E-state index is 0.0505. The predicted molar refractivity (Wildman–Crippen MR) is 73.2 cm³/mol. The molecule has 0 saturated carbocycles. The average Bonchev–Trinajstić information content (AvgIpc) is 2.36. The zero-order chi connectivity index (χ0) is 13.8. The zero-order valence-corrected chi connectivity index (χ0v) is 10.6. The highest BCUT2D eigenvalue weighted by Crippen LogP contribution is 2.11. The fourth-order valence-electron chi connectivity index (χ4n) is 1.78. The Kier molecular flexibility index (Phi) is 3.80. The lowest BCUT2D eigenvalue weighted by molar-refractivity contribution is 0.0947. The molecule has 3 N–H and O–H groups in total. The number of nitrogen functional groups attached to an aromatic ring is 1. The molecule has 0 unspecified atom stereocenters. The number of hydrogen-bond donors (Lipinski definition) is 2. The summed E-state index contributed by atoms with van der Waals surface area (Å²) in [5.74, 6) is -0.940. The van der Waals surface area contributed by atoms with Crippen LogP contribution in [0.5, 0.6) is 0 Å². The third-order valence-electron chi connectivity index (χ3n) is 2.77. The molecule has 0 aliphatic rings. The number of halogens is 1. The standard InChI is InChI=1S/C15H15FN2O/c1-10-5-6-13(14(16)7-10)15(19)18-9-11-3-2-4-12(17)8-11/h2-8H,9,17H2,1H3,(H,18,19). The second-order valence-electron chi connectivity index (χ2n) is 4.41. The highest BCUT2D eigenvalue weighted by Gasteiger charge is 2.11. The molecule has 0 aliphatic heterocycles. The van der Waals surface area contributed by atoms with E-state index in [0.717, 1.165) is 11.1 Å². The van der Waals surface area contributed by atoms with Crippen molar-refractivity contribution in [1.29, 1.82) is 0 Å². The second kappa shape index (κ2) is 5.52. The summed E-state index contributed by atoms with van der Waals surface area (Å²) in [6, 6.07) is 11.7. The number of carbonyl (C=O) groups excluding carboxylic acids is 1. The predicted octanol–water partition coefficient (Wildman–Crippen LogP) is 2.65. The van der Waals surface area contributed by atoms with Crippen LogP contribution in [-0.2, 0) is 6.54 Å². The molecule has 1 amide bonds. The minimum Gasteiger partial charge on any atom is -0.399 e. The van der Waals surface area contributed by atoms with Gasteiger partial charge in [0.15, 0.2) is 0 Å². The van der Waals surface area contributed by atoms with E-state index in [-0.39, 0.29) is 5.56 Å². The molecular formula is C15H15FN2O. The van der Waals surface area contributed by atoms with E-state index >= 15 is 0 Å². The van der Waals surface area contributed by atoms with Crippen LogP contribution in [0, 0.1) is 12.7 Å². The van der Waals surface area contributed by atoms with Gasteiger partial charge in [0.25, 0.3) is 5.91 Å². The van der Waals surface area contributed by atoms with Gasteiger partial charge >= 0.3 is 0 Å². The van der Waals surface area contributed by atoms with Gasteiger partial charge in [-0.1, -0.05) is 18.2 Å². The maximum absolute atomic E-state index is 13.6. The number of amides is 1. The van der Waals surface area contributed by atoms with E-state index in [0.29, 0.717) is 12.2 Å². The van der Waals surface area contributed by atoms with Gasteiger partial charge in [0.1, 0.15) is 5.82 Å². The monoisotopic (exact) mass is 258 g/mol. The van der Waals surface area contributed by atoms with Crippen LogP contribution in [0.25, 0.3) is 0 Å². The number of carbonyl (C=O) groups is 1. The third-order valence-corrected chi connectivity index (χ3v) is 2.77. The van der Waals surface area contributed by atoms with Crippen LogP contribution >= 0.6 is 0 Å². The first-order valence-electron chi connectivity index (χ1n) is 5.95. The van der Waals surface area contributed by atoms with E-state index in [2.05, 4.69) is 5.32 Å². The van der Waals surface area contributed by atoms with Gasteiger partial charge in [0, 0.05) is 12.2 Å². The van der Waals surface area contributed by atoms with Crippen molar-refractivity contribution in [1.82, 2.24) is 5.32 Å². The molecule has 0 bridgehead atoms. The van der Waals surface area contributed by atoms with Crippen LogP contribution < -0.4 is 11.1 Å². The molecule has 0 radical (unpaired) electrons. The molecule has 2 aromatic rings. The van der Waals surface area contributed by atoms with Crippen molar-refractivity contribution in [2.24, 2.45) is 0 Å². The molecule has 0 spiro atoms. The van der Waals surface area contributed by atoms with Gasteiger partial charge in [-0.05, 0) is 42.3 Å². The lowest BCUT2D eigenvalue weighted by Gasteiger charge is -2.07. The van der Waals surface area contributed by atoms with E-state index < -0.39 is 11.7 Å². The van der Waals surface area contributed by atoms with Crippen LogP contribution in [-0.4, -0.2) is 5.91 Å².